The van der Waals surface area contributed by atoms with Gasteiger partial charge in [-0.05, 0) is 25.3 Å². The van der Waals surface area contributed by atoms with Crippen molar-refractivity contribution < 1.29 is 4.79 Å². The van der Waals surface area contributed by atoms with Crippen molar-refractivity contribution >= 4 is 5.78 Å². The molecule has 0 aliphatic heterocycles. The monoisotopic (exact) mass is 225 g/mol. The molecule has 0 aromatic rings. The lowest BCUT2D eigenvalue weighted by molar-refractivity contribution is -0.127. The molecular weight excluding hydrogens is 198 g/mol. The maximum absolute atomic E-state index is 12.2. The number of Topliss-reactive ketones (excluding diaryl/α,β-unsaturated/α-hetero) is 1. The predicted molar refractivity (Wildman–Crippen MR) is 68.5 cm³/mol. The van der Waals surface area contributed by atoms with Gasteiger partial charge >= 0.3 is 0 Å². The Labute approximate surface area is 100 Å². The van der Waals surface area contributed by atoms with E-state index in [1.807, 2.05) is 0 Å². The van der Waals surface area contributed by atoms with Crippen LogP contribution in [0.4, 0.5) is 0 Å². The minimum Gasteiger partial charge on any atom is -0.316 e. The molecule has 1 N–H and O–H groups in total. The maximum atomic E-state index is 12.2. The van der Waals surface area contributed by atoms with Gasteiger partial charge in [0.1, 0.15) is 5.78 Å². The third-order valence-electron chi connectivity index (χ3n) is 3.95. The summed E-state index contributed by atoms with van der Waals surface area (Å²) in [5.74, 6) is 1.85. The first kappa shape index (κ1) is 13.7. The zero-order chi connectivity index (χ0) is 12.0. The average Bonchev–Trinajstić information content (AvgIpc) is 2.35. The fourth-order valence-electron chi connectivity index (χ4n) is 2.78. The molecule has 0 aromatic heterocycles. The van der Waals surface area contributed by atoms with Crippen LogP contribution in [0.5, 0.6) is 0 Å². The van der Waals surface area contributed by atoms with Crippen LogP contribution in [0.25, 0.3) is 0 Å². The Morgan fingerprint density at radius 2 is 2.12 bits per heavy atom. The van der Waals surface area contributed by atoms with Crippen LogP contribution in [0.1, 0.15) is 52.9 Å². The zero-order valence-electron chi connectivity index (χ0n) is 11.1. The molecule has 0 aromatic carbocycles. The summed E-state index contributed by atoms with van der Waals surface area (Å²) in [6.45, 7) is 8.22. The van der Waals surface area contributed by atoms with Gasteiger partial charge in [-0.15, -0.1) is 0 Å². The topological polar surface area (TPSA) is 29.1 Å². The molecule has 0 amide bonds. The van der Waals surface area contributed by atoms with Crippen molar-refractivity contribution in [3.63, 3.8) is 0 Å². The fraction of sp³-hybridized carbons (Fsp3) is 0.929. The second-order valence-electron chi connectivity index (χ2n) is 5.25. The van der Waals surface area contributed by atoms with Gasteiger partial charge in [-0.1, -0.05) is 40.0 Å². The number of hydrogen-bond acceptors (Lipinski definition) is 2. The summed E-state index contributed by atoms with van der Waals surface area (Å²) in [5, 5.41) is 3.27. The van der Waals surface area contributed by atoms with Gasteiger partial charge in [-0.3, -0.25) is 4.79 Å². The molecule has 2 nitrogen and oxygen atoms in total. The smallest absolute Gasteiger partial charge is 0.140 e. The Morgan fingerprint density at radius 3 is 2.75 bits per heavy atom. The van der Waals surface area contributed by atoms with Gasteiger partial charge in [0.2, 0.25) is 0 Å². The van der Waals surface area contributed by atoms with Gasteiger partial charge in [-0.2, -0.15) is 0 Å². The van der Waals surface area contributed by atoms with E-state index < -0.39 is 0 Å². The van der Waals surface area contributed by atoms with E-state index in [4.69, 9.17) is 0 Å². The highest BCUT2D eigenvalue weighted by atomic mass is 16.1. The van der Waals surface area contributed by atoms with E-state index in [0.29, 0.717) is 11.7 Å². The van der Waals surface area contributed by atoms with E-state index in [9.17, 15) is 4.79 Å². The molecule has 2 heteroatoms. The number of rotatable bonds is 6. The molecule has 3 unspecified atom stereocenters. The first-order chi connectivity index (χ1) is 7.69. The van der Waals surface area contributed by atoms with Gasteiger partial charge in [-0.25, -0.2) is 0 Å². The van der Waals surface area contributed by atoms with E-state index in [-0.39, 0.29) is 5.92 Å². The lowest BCUT2D eigenvalue weighted by Gasteiger charge is -2.29. The summed E-state index contributed by atoms with van der Waals surface area (Å²) in [6, 6.07) is 0. The summed E-state index contributed by atoms with van der Waals surface area (Å²) in [6.07, 6.45) is 6.10. The Bertz CT molecular complexity index is 215. The Balaban J connectivity index is 2.40. The molecule has 3 atom stereocenters. The SMILES string of the molecule is CCNCC(C)C(=O)C1CCCC(CC)C1. The largest absolute Gasteiger partial charge is 0.316 e. The van der Waals surface area contributed by atoms with E-state index in [2.05, 4.69) is 26.1 Å². The van der Waals surface area contributed by atoms with Crippen molar-refractivity contribution in [3.05, 3.63) is 0 Å². The average molecular weight is 225 g/mol. The predicted octanol–water partition coefficient (Wildman–Crippen LogP) is 3.02. The molecule has 1 aliphatic carbocycles. The number of hydrogen-bond donors (Lipinski definition) is 1. The maximum Gasteiger partial charge on any atom is 0.140 e. The normalized spacial score (nSPS) is 27.7. The molecule has 0 spiro atoms. The van der Waals surface area contributed by atoms with Crippen LogP contribution in [0.2, 0.25) is 0 Å². The molecule has 0 radical (unpaired) electrons. The highest BCUT2D eigenvalue weighted by molar-refractivity contribution is 5.83. The quantitative estimate of drug-likeness (QED) is 0.753. The van der Waals surface area contributed by atoms with Crippen molar-refractivity contribution in [1.29, 1.82) is 0 Å². The van der Waals surface area contributed by atoms with Gasteiger partial charge in [0.25, 0.3) is 0 Å². The number of carbonyl (C=O) groups is 1. The zero-order valence-corrected chi connectivity index (χ0v) is 11.1. The van der Waals surface area contributed by atoms with E-state index in [1.54, 1.807) is 0 Å². The van der Waals surface area contributed by atoms with Crippen LogP contribution in [0.3, 0.4) is 0 Å². The van der Waals surface area contributed by atoms with Gasteiger partial charge < -0.3 is 5.32 Å². The summed E-state index contributed by atoms with van der Waals surface area (Å²) in [4.78, 5) is 12.2. The van der Waals surface area contributed by atoms with Crippen molar-refractivity contribution in [2.75, 3.05) is 13.1 Å². The van der Waals surface area contributed by atoms with Crippen molar-refractivity contribution in [1.82, 2.24) is 5.32 Å². The van der Waals surface area contributed by atoms with Crippen LogP contribution < -0.4 is 5.32 Å². The van der Waals surface area contributed by atoms with Crippen molar-refractivity contribution in [2.45, 2.75) is 52.9 Å². The van der Waals surface area contributed by atoms with E-state index in [0.717, 1.165) is 31.8 Å². The lowest BCUT2D eigenvalue weighted by Crippen LogP contribution is -2.33. The van der Waals surface area contributed by atoms with Crippen LogP contribution in [-0.2, 0) is 4.79 Å². The van der Waals surface area contributed by atoms with E-state index >= 15 is 0 Å². The molecule has 1 aliphatic rings. The summed E-state index contributed by atoms with van der Waals surface area (Å²) >= 11 is 0. The fourth-order valence-corrected chi connectivity index (χ4v) is 2.78. The molecule has 1 rings (SSSR count). The molecule has 1 fully saturated rings. The van der Waals surface area contributed by atoms with Gasteiger partial charge in [0.15, 0.2) is 0 Å². The number of nitrogens with one attached hydrogen (secondary N) is 1. The van der Waals surface area contributed by atoms with Gasteiger partial charge in [0, 0.05) is 18.4 Å². The summed E-state index contributed by atoms with van der Waals surface area (Å²) < 4.78 is 0. The minimum atomic E-state index is 0.195. The minimum absolute atomic E-state index is 0.195. The Hall–Kier alpha value is -0.370. The third-order valence-corrected chi connectivity index (χ3v) is 3.95. The Kier molecular flexibility index (Phi) is 6.04. The molecule has 0 saturated heterocycles. The highest BCUT2D eigenvalue weighted by Crippen LogP contribution is 2.32. The second kappa shape index (κ2) is 7.05. The lowest BCUT2D eigenvalue weighted by atomic mass is 9.76. The van der Waals surface area contributed by atoms with Crippen molar-refractivity contribution in [3.8, 4) is 0 Å². The standard InChI is InChI=1S/C14H27NO/c1-4-12-7-6-8-13(9-12)14(16)11(3)10-15-5-2/h11-13,15H,4-10H2,1-3H3. The van der Waals surface area contributed by atoms with Crippen LogP contribution >= 0.6 is 0 Å². The third kappa shape index (κ3) is 3.89. The Morgan fingerprint density at radius 1 is 1.38 bits per heavy atom. The first-order valence-electron chi connectivity index (χ1n) is 6.93. The molecule has 16 heavy (non-hydrogen) atoms. The highest BCUT2D eigenvalue weighted by Gasteiger charge is 2.28. The number of ketones is 1. The molecule has 94 valence electrons. The summed E-state index contributed by atoms with van der Waals surface area (Å²) in [7, 11) is 0. The van der Waals surface area contributed by atoms with Crippen molar-refractivity contribution in [2.24, 2.45) is 17.8 Å². The van der Waals surface area contributed by atoms with Gasteiger partial charge in [0.05, 0.1) is 0 Å². The second-order valence-corrected chi connectivity index (χ2v) is 5.25. The molecule has 0 heterocycles. The van der Waals surface area contributed by atoms with Crippen LogP contribution in [0.15, 0.2) is 0 Å². The molecular formula is C14H27NO. The van der Waals surface area contributed by atoms with Crippen LogP contribution in [-0.4, -0.2) is 18.9 Å². The van der Waals surface area contributed by atoms with E-state index in [1.165, 1.54) is 19.3 Å². The molecule has 0 bridgehead atoms. The molecule has 1 saturated carbocycles. The number of carbonyl (C=O) groups excluding carboxylic acids is 1. The van der Waals surface area contributed by atoms with Crippen LogP contribution in [0, 0.1) is 17.8 Å². The first-order valence-corrected chi connectivity index (χ1v) is 6.93. The summed E-state index contributed by atoms with van der Waals surface area (Å²) in [5.41, 5.74) is 0.